The summed E-state index contributed by atoms with van der Waals surface area (Å²) in [5, 5.41) is 15.9. The molecule has 0 radical (unpaired) electrons. The Labute approximate surface area is 163 Å². The van der Waals surface area contributed by atoms with Crippen LogP contribution in [0, 0.1) is 0 Å². The minimum absolute atomic E-state index is 0.0988. The summed E-state index contributed by atoms with van der Waals surface area (Å²) in [6, 6.07) is 7.50. The van der Waals surface area contributed by atoms with Crippen LogP contribution in [0.3, 0.4) is 0 Å². The molecule has 2 N–H and O–H groups in total. The molecule has 1 amide bonds. The molecular weight excluding hydrogens is 364 g/mol. The Bertz CT molecular complexity index is 762. The van der Waals surface area contributed by atoms with Crippen molar-refractivity contribution in [3.8, 4) is 5.75 Å². The lowest BCUT2D eigenvalue weighted by atomic mass is 9.92. The number of hydrogen-bond acceptors (Lipinski definition) is 6. The third-order valence-electron chi connectivity index (χ3n) is 4.72. The largest absolute Gasteiger partial charge is 0.486 e. The summed E-state index contributed by atoms with van der Waals surface area (Å²) < 4.78 is 11.0. The highest BCUT2D eigenvalue weighted by Gasteiger charge is 2.17. The Morgan fingerprint density at radius 3 is 2.93 bits per heavy atom. The number of benzene rings is 1. The number of aliphatic hydroxyl groups excluding tert-OH is 1. The lowest BCUT2D eigenvalue weighted by Crippen LogP contribution is -2.38. The first-order valence-corrected chi connectivity index (χ1v) is 10.7. The Kier molecular flexibility index (Phi) is 7.18. The smallest absolute Gasteiger partial charge is 0.273 e. The molecule has 27 heavy (non-hydrogen) atoms. The van der Waals surface area contributed by atoms with Gasteiger partial charge in [-0.15, -0.1) is 0 Å². The van der Waals surface area contributed by atoms with E-state index in [2.05, 4.69) is 22.6 Å². The number of nitrogens with zero attached hydrogens (tertiary/aromatic N) is 1. The monoisotopic (exact) mass is 390 g/mol. The topological polar surface area (TPSA) is 84.6 Å². The number of ether oxygens (including phenoxy) is 1. The van der Waals surface area contributed by atoms with Crippen LogP contribution in [-0.4, -0.2) is 40.8 Å². The fourth-order valence-corrected chi connectivity index (χ4v) is 3.69. The maximum Gasteiger partial charge on any atom is 0.273 e. The van der Waals surface area contributed by atoms with Crippen molar-refractivity contribution in [3.05, 3.63) is 46.8 Å². The summed E-state index contributed by atoms with van der Waals surface area (Å²) >= 11 is 1.67. The zero-order valence-electron chi connectivity index (χ0n) is 15.6. The van der Waals surface area contributed by atoms with Gasteiger partial charge < -0.3 is 19.7 Å². The second-order valence-electron chi connectivity index (χ2n) is 6.74. The van der Waals surface area contributed by atoms with E-state index in [1.807, 2.05) is 12.3 Å². The van der Waals surface area contributed by atoms with E-state index in [1.54, 1.807) is 17.8 Å². The zero-order chi connectivity index (χ0) is 19.1. The zero-order valence-corrected chi connectivity index (χ0v) is 16.4. The number of aryl methyl sites for hydroxylation is 2. The van der Waals surface area contributed by atoms with Crippen molar-refractivity contribution in [1.29, 1.82) is 0 Å². The summed E-state index contributed by atoms with van der Waals surface area (Å²) in [6.45, 7) is 0.118. The van der Waals surface area contributed by atoms with Crippen molar-refractivity contribution in [2.24, 2.45) is 0 Å². The predicted octanol–water partition coefficient (Wildman–Crippen LogP) is 2.98. The van der Waals surface area contributed by atoms with Crippen LogP contribution in [0.2, 0.25) is 0 Å². The van der Waals surface area contributed by atoms with Crippen molar-refractivity contribution >= 4 is 17.7 Å². The fourth-order valence-electron chi connectivity index (χ4n) is 3.17. The summed E-state index contributed by atoms with van der Waals surface area (Å²) in [4.78, 5) is 12.2. The molecule has 3 rings (SSSR count). The third kappa shape index (κ3) is 5.49. The van der Waals surface area contributed by atoms with E-state index in [4.69, 9.17) is 9.26 Å². The minimum Gasteiger partial charge on any atom is -0.486 e. The van der Waals surface area contributed by atoms with Crippen LogP contribution >= 0.6 is 11.8 Å². The number of amides is 1. The number of carbonyl (C=O) groups is 1. The Balaban J connectivity index is 1.54. The molecule has 0 saturated carbocycles. The van der Waals surface area contributed by atoms with Gasteiger partial charge in [-0.25, -0.2) is 0 Å². The van der Waals surface area contributed by atoms with Gasteiger partial charge in [0.1, 0.15) is 12.4 Å². The van der Waals surface area contributed by atoms with Crippen LogP contribution in [0.1, 0.15) is 46.6 Å². The molecule has 0 aliphatic heterocycles. The number of rotatable bonds is 9. The molecule has 0 bridgehead atoms. The molecule has 1 aliphatic carbocycles. The van der Waals surface area contributed by atoms with Crippen LogP contribution in [0.4, 0.5) is 0 Å². The fraction of sp³-hybridized carbons (Fsp3) is 0.500. The van der Waals surface area contributed by atoms with E-state index >= 15 is 0 Å². The number of nitrogens with one attached hydrogen (secondary N) is 1. The van der Waals surface area contributed by atoms with Gasteiger partial charge in [0.25, 0.3) is 5.91 Å². The molecule has 1 heterocycles. The molecule has 0 spiro atoms. The second kappa shape index (κ2) is 9.80. The quantitative estimate of drug-likeness (QED) is 0.685. The average Bonchev–Trinajstić information content (AvgIpc) is 3.18. The highest BCUT2D eigenvalue weighted by atomic mass is 32.2. The van der Waals surface area contributed by atoms with Crippen LogP contribution in [-0.2, 0) is 19.4 Å². The van der Waals surface area contributed by atoms with Gasteiger partial charge in [-0.1, -0.05) is 11.2 Å². The number of aromatic nitrogens is 1. The van der Waals surface area contributed by atoms with E-state index < -0.39 is 0 Å². The van der Waals surface area contributed by atoms with Gasteiger partial charge in [-0.2, -0.15) is 11.8 Å². The van der Waals surface area contributed by atoms with Gasteiger partial charge >= 0.3 is 0 Å². The first-order valence-electron chi connectivity index (χ1n) is 9.30. The molecule has 146 valence electrons. The number of fused-ring (bicyclic) bond motifs is 1. The standard InChI is InChI=1S/C20H26N2O4S/c1-27-9-8-16(12-23)21-20(24)19-11-18(26-22-19)13-25-17-7-6-14-4-2-3-5-15(14)10-17/h6-7,10-11,16,23H,2-5,8-9,12-13H2,1H3,(H,21,24)/t16-/m0/s1. The number of carbonyl (C=O) groups excluding carboxylic acids is 1. The first-order chi connectivity index (χ1) is 13.2. The number of aliphatic hydroxyl groups is 1. The van der Waals surface area contributed by atoms with Gasteiger partial charge in [-0.3, -0.25) is 4.79 Å². The van der Waals surface area contributed by atoms with Gasteiger partial charge in [0.05, 0.1) is 12.6 Å². The summed E-state index contributed by atoms with van der Waals surface area (Å²) in [7, 11) is 0. The maximum absolute atomic E-state index is 12.2. The average molecular weight is 391 g/mol. The highest BCUT2D eigenvalue weighted by Crippen LogP contribution is 2.25. The van der Waals surface area contributed by atoms with Crippen LogP contribution in [0.25, 0.3) is 0 Å². The number of hydrogen-bond donors (Lipinski definition) is 2. The van der Waals surface area contributed by atoms with Crippen molar-refractivity contribution < 1.29 is 19.2 Å². The van der Waals surface area contributed by atoms with Crippen LogP contribution in [0.5, 0.6) is 5.75 Å². The highest BCUT2D eigenvalue weighted by molar-refractivity contribution is 7.98. The lowest BCUT2D eigenvalue weighted by Gasteiger charge is -2.16. The molecule has 6 nitrogen and oxygen atoms in total. The molecule has 1 aromatic heterocycles. The molecule has 0 fully saturated rings. The van der Waals surface area contributed by atoms with E-state index in [9.17, 15) is 9.90 Å². The van der Waals surface area contributed by atoms with Crippen LogP contribution < -0.4 is 10.1 Å². The van der Waals surface area contributed by atoms with E-state index in [1.165, 1.54) is 24.0 Å². The van der Waals surface area contributed by atoms with Crippen molar-refractivity contribution in [2.45, 2.75) is 44.8 Å². The molecule has 1 aliphatic rings. The molecule has 0 saturated heterocycles. The molecule has 2 aromatic rings. The molecule has 7 heteroatoms. The van der Waals surface area contributed by atoms with Gasteiger partial charge in [-0.05, 0) is 67.4 Å². The van der Waals surface area contributed by atoms with E-state index in [0.717, 1.165) is 24.3 Å². The van der Waals surface area contributed by atoms with Crippen molar-refractivity contribution in [3.63, 3.8) is 0 Å². The van der Waals surface area contributed by atoms with Gasteiger partial charge in [0, 0.05) is 6.07 Å². The predicted molar refractivity (Wildman–Crippen MR) is 105 cm³/mol. The van der Waals surface area contributed by atoms with E-state index in [-0.39, 0.29) is 30.9 Å². The first kappa shape index (κ1) is 19.8. The second-order valence-corrected chi connectivity index (χ2v) is 7.72. The molecule has 0 unspecified atom stereocenters. The molecule has 1 atom stereocenters. The van der Waals surface area contributed by atoms with Gasteiger partial charge in [0.2, 0.25) is 0 Å². The normalized spacial score (nSPS) is 14.4. The van der Waals surface area contributed by atoms with Gasteiger partial charge in [0.15, 0.2) is 11.5 Å². The molecular formula is C20H26N2O4S. The Morgan fingerprint density at radius 1 is 1.33 bits per heavy atom. The minimum atomic E-state index is -0.348. The molecule has 1 aromatic carbocycles. The summed E-state index contributed by atoms with van der Waals surface area (Å²) in [6.07, 6.45) is 7.41. The maximum atomic E-state index is 12.2. The SMILES string of the molecule is CSCC[C@@H](CO)NC(=O)c1cc(COc2ccc3c(c2)CCCC3)on1. The Morgan fingerprint density at radius 2 is 2.15 bits per heavy atom. The van der Waals surface area contributed by atoms with Crippen molar-refractivity contribution in [1.82, 2.24) is 10.5 Å². The number of thioether (sulfide) groups is 1. The Hall–Kier alpha value is -1.99. The lowest BCUT2D eigenvalue weighted by molar-refractivity contribution is 0.0906. The van der Waals surface area contributed by atoms with E-state index in [0.29, 0.717) is 12.2 Å². The van der Waals surface area contributed by atoms with Crippen molar-refractivity contribution in [2.75, 3.05) is 18.6 Å². The summed E-state index contributed by atoms with van der Waals surface area (Å²) in [5.74, 6) is 1.81. The third-order valence-corrected chi connectivity index (χ3v) is 5.36. The van der Waals surface area contributed by atoms with Crippen LogP contribution in [0.15, 0.2) is 28.8 Å². The summed E-state index contributed by atoms with van der Waals surface area (Å²) in [5.41, 5.74) is 2.96.